The number of methoxy groups -OCH3 is 1. The predicted molar refractivity (Wildman–Crippen MR) is 222 cm³/mol. The summed E-state index contributed by atoms with van der Waals surface area (Å²) in [6, 6.07) is 10.2. The Morgan fingerprint density at radius 3 is 2.47 bits per heavy atom. The minimum Gasteiger partial charge on any atom is -0.494 e. The fraction of sp³-hybridized carbons (Fsp3) is 0.225. The molecule has 1 heterocycles. The Balaban J connectivity index is 1.17. The number of H-pyrrole nitrogens is 1. The van der Waals surface area contributed by atoms with Crippen LogP contribution in [0, 0.1) is 0 Å². The van der Waals surface area contributed by atoms with Crippen molar-refractivity contribution in [1.29, 1.82) is 0 Å². The molecule has 0 fully saturated rings. The van der Waals surface area contributed by atoms with Gasteiger partial charge < -0.3 is 20.3 Å². The van der Waals surface area contributed by atoms with Crippen molar-refractivity contribution in [3.63, 3.8) is 0 Å². The molecule has 6 rings (SSSR count). The molecule has 3 aromatic rings. The van der Waals surface area contributed by atoms with Gasteiger partial charge in [-0.1, -0.05) is 51.0 Å². The molecular formula is C40H39N11O8S. The maximum Gasteiger partial charge on any atom is 0.351 e. The number of unbranched alkanes of at least 4 members (excludes halogenated alkanes) is 3. The van der Waals surface area contributed by atoms with Gasteiger partial charge in [0.25, 0.3) is 10.1 Å². The normalized spacial score (nSPS) is 18.6. The fourth-order valence-corrected chi connectivity index (χ4v) is 6.56. The van der Waals surface area contributed by atoms with Gasteiger partial charge in [-0.05, 0) is 78.3 Å². The number of hydrogen-bond acceptors (Lipinski definition) is 16. The van der Waals surface area contributed by atoms with Gasteiger partial charge in [-0.25, -0.2) is 14.6 Å². The van der Waals surface area contributed by atoms with Crippen LogP contribution in [0.1, 0.15) is 43.0 Å². The first-order valence-electron chi connectivity index (χ1n) is 18.5. The number of benzene rings is 2. The lowest BCUT2D eigenvalue weighted by Crippen LogP contribution is -2.26. The number of allylic oxidation sites excluding steroid dienone is 5. The van der Waals surface area contributed by atoms with E-state index < -0.39 is 44.5 Å². The van der Waals surface area contributed by atoms with Crippen molar-refractivity contribution >= 4 is 50.8 Å². The first kappa shape index (κ1) is 42.4. The molecule has 1 aromatic heterocycles. The van der Waals surface area contributed by atoms with Crippen molar-refractivity contribution < 1.29 is 32.7 Å². The number of azo groups is 3. The molecule has 5 N–H and O–H groups in total. The van der Waals surface area contributed by atoms with Crippen LogP contribution in [0.25, 0.3) is 0 Å². The van der Waals surface area contributed by atoms with Gasteiger partial charge in [-0.15, -0.1) is 0 Å². The van der Waals surface area contributed by atoms with Gasteiger partial charge in [-0.2, -0.15) is 49.1 Å². The molecule has 19 nitrogen and oxygen atoms in total. The molecule has 0 bridgehead atoms. The monoisotopic (exact) mass is 833 g/mol. The van der Waals surface area contributed by atoms with Crippen molar-refractivity contribution in [2.24, 2.45) is 35.7 Å². The first-order valence-corrected chi connectivity index (χ1v) is 19.9. The lowest BCUT2D eigenvalue weighted by Gasteiger charge is -2.25. The number of aliphatic imine (C=N–C) groups is 1. The van der Waals surface area contributed by atoms with E-state index in [2.05, 4.69) is 69.4 Å². The average molecular weight is 834 g/mol. The summed E-state index contributed by atoms with van der Waals surface area (Å²) in [6.45, 7) is 6.69. The molecular weight excluding hydrogens is 795 g/mol. The van der Waals surface area contributed by atoms with Crippen LogP contribution in [0.5, 0.6) is 5.75 Å². The number of carbonyl (C=O) groups is 1. The third-order valence-corrected chi connectivity index (χ3v) is 9.82. The van der Waals surface area contributed by atoms with Gasteiger partial charge in [0.2, 0.25) is 11.9 Å². The van der Waals surface area contributed by atoms with E-state index in [-0.39, 0.29) is 40.0 Å². The topological polar surface area (TPSA) is 278 Å². The largest absolute Gasteiger partial charge is 0.494 e. The number of rotatable bonds is 16. The van der Waals surface area contributed by atoms with E-state index in [1.807, 2.05) is 0 Å². The minimum absolute atomic E-state index is 0.0732. The highest BCUT2D eigenvalue weighted by Gasteiger charge is 2.35. The average Bonchev–Trinajstić information content (AvgIpc) is 3.22. The molecule has 3 aliphatic carbocycles. The quantitative estimate of drug-likeness (QED) is 0.0526. The van der Waals surface area contributed by atoms with Crippen molar-refractivity contribution in [3.05, 3.63) is 141 Å². The Kier molecular flexibility index (Phi) is 13.5. The number of aromatic amines is 1. The van der Waals surface area contributed by atoms with Gasteiger partial charge in [0.15, 0.2) is 0 Å². The molecule has 2 unspecified atom stereocenters. The van der Waals surface area contributed by atoms with E-state index in [9.17, 15) is 27.7 Å². The number of nitrogens with zero attached hydrogens (tertiary/aromatic N) is 9. The minimum atomic E-state index is -4.95. The van der Waals surface area contributed by atoms with Gasteiger partial charge >= 0.3 is 11.7 Å². The molecule has 0 aliphatic heterocycles. The molecule has 0 amide bonds. The number of aliphatic hydroxyl groups excluding tert-OH is 1. The molecule has 20 heteroatoms. The van der Waals surface area contributed by atoms with Crippen LogP contribution in [0.2, 0.25) is 0 Å². The van der Waals surface area contributed by atoms with Gasteiger partial charge in [0.1, 0.15) is 34.2 Å². The number of ether oxygens (including phenoxy) is 1. The molecule has 2 atom stereocenters. The predicted octanol–water partition coefficient (Wildman–Crippen LogP) is 7.86. The summed E-state index contributed by atoms with van der Waals surface area (Å²) in [5.74, 6) is -0.721. The summed E-state index contributed by atoms with van der Waals surface area (Å²) in [4.78, 5) is 37.6. The van der Waals surface area contributed by atoms with Crippen LogP contribution < -0.4 is 15.7 Å². The maximum atomic E-state index is 12.6. The second-order valence-electron chi connectivity index (χ2n) is 13.2. The summed E-state index contributed by atoms with van der Waals surface area (Å²) < 4.78 is 41.0. The van der Waals surface area contributed by atoms with Crippen molar-refractivity contribution in [1.82, 2.24) is 15.0 Å². The highest BCUT2D eigenvalue weighted by Crippen LogP contribution is 2.37. The molecule has 0 radical (unpaired) electrons. The fourth-order valence-electron chi connectivity index (χ4n) is 5.88. The number of carboxylic acids is 1. The van der Waals surface area contributed by atoms with Gasteiger partial charge in [0, 0.05) is 18.2 Å². The molecule has 3 aliphatic rings. The number of fused-ring (bicyclic) bond motifs is 1. The van der Waals surface area contributed by atoms with Crippen LogP contribution in [0.3, 0.4) is 0 Å². The second kappa shape index (κ2) is 19.1. The van der Waals surface area contributed by atoms with E-state index in [1.54, 1.807) is 42.5 Å². The lowest BCUT2D eigenvalue weighted by molar-refractivity contribution is 0.0697. The Hall–Kier alpha value is -7.16. The van der Waals surface area contributed by atoms with E-state index >= 15 is 0 Å². The van der Waals surface area contributed by atoms with Crippen LogP contribution >= 0.6 is 0 Å². The summed E-state index contributed by atoms with van der Waals surface area (Å²) in [5, 5.41) is 48.6. The van der Waals surface area contributed by atoms with Crippen molar-refractivity contribution in [3.8, 4) is 5.75 Å². The number of anilines is 1. The van der Waals surface area contributed by atoms with Crippen LogP contribution in [0.4, 0.5) is 29.0 Å². The highest BCUT2D eigenvalue weighted by molar-refractivity contribution is 7.90. The summed E-state index contributed by atoms with van der Waals surface area (Å²) in [7, 11) is -3.49. The standard InChI is InChI=1S/C40H39N11O8S/c1-4-5-6-7-19-41-38-43-39(45-40(55)44-38)42-31-10-8-9-28-29(31)22-34(60(56,57)58)35(36(28)52)51-48-26-15-17-30(23(2)20-26)49-50-32-18-16-27(21-33(32)59-3)47-46-25-13-11-24(12-14-25)37(53)54/h8-18,20-22,30,36,52H,2,4-7,19H2,1,3H3,(H,53,54)(H,56,57,58)(H2,41,43,44,45,55). The molecule has 0 spiro atoms. The third kappa shape index (κ3) is 10.7. The number of nitrogens with one attached hydrogen (secondary N) is 2. The third-order valence-electron chi connectivity index (χ3n) is 8.94. The number of carboxylic acid groups (broad SMARTS) is 1. The summed E-state index contributed by atoms with van der Waals surface area (Å²) in [6.07, 6.45) is 12.8. The summed E-state index contributed by atoms with van der Waals surface area (Å²) >= 11 is 0. The van der Waals surface area contributed by atoms with Gasteiger partial charge in [-0.3, -0.25) is 9.54 Å². The Morgan fingerprint density at radius 2 is 1.75 bits per heavy atom. The molecule has 2 aromatic carbocycles. The SMILES string of the molecule is C=C1C=C(N=NC2=C(S(=O)(=O)O)C=C3C(=CC=CC3=Nc3nc(NCCCCCC)nc(=O)[nH]3)C2O)C=CC1N=Nc1ccc(N=Nc2ccc(C(=O)O)cc2)cc1OC. The Morgan fingerprint density at radius 1 is 0.983 bits per heavy atom. The van der Waals surface area contributed by atoms with E-state index in [1.165, 1.54) is 43.5 Å². The number of aliphatic hydroxyl groups is 1. The van der Waals surface area contributed by atoms with Gasteiger partial charge in [0.05, 0.1) is 35.5 Å². The lowest BCUT2D eigenvalue weighted by atomic mass is 9.87. The second-order valence-corrected chi connectivity index (χ2v) is 14.6. The zero-order chi connectivity index (χ0) is 42.8. The van der Waals surface area contributed by atoms with Crippen LogP contribution in [-0.4, -0.2) is 75.6 Å². The van der Waals surface area contributed by atoms with E-state index in [0.29, 0.717) is 34.9 Å². The Bertz CT molecular complexity index is 2670. The van der Waals surface area contributed by atoms with E-state index in [4.69, 9.17) is 9.84 Å². The van der Waals surface area contributed by atoms with E-state index in [0.717, 1.165) is 31.8 Å². The number of hydrogen-bond donors (Lipinski definition) is 5. The molecule has 60 heavy (non-hydrogen) atoms. The van der Waals surface area contributed by atoms with Crippen LogP contribution in [0.15, 0.2) is 165 Å². The number of aromatic nitrogens is 3. The number of aromatic carboxylic acids is 1. The highest BCUT2D eigenvalue weighted by atomic mass is 32.2. The maximum absolute atomic E-state index is 12.6. The zero-order valence-electron chi connectivity index (χ0n) is 32.3. The smallest absolute Gasteiger partial charge is 0.351 e. The molecule has 308 valence electrons. The zero-order valence-corrected chi connectivity index (χ0v) is 33.1. The molecule has 0 saturated carbocycles. The molecule has 0 saturated heterocycles. The first-order chi connectivity index (χ1) is 28.8. The van der Waals surface area contributed by atoms with Crippen molar-refractivity contribution in [2.45, 2.75) is 44.8 Å². The summed E-state index contributed by atoms with van der Waals surface area (Å²) in [5.41, 5.74) is 1.49. The van der Waals surface area contributed by atoms with Crippen molar-refractivity contribution in [2.75, 3.05) is 19.0 Å². The van der Waals surface area contributed by atoms with Crippen LogP contribution in [-0.2, 0) is 10.1 Å². The Labute approximate surface area is 343 Å².